The molecule has 0 radical (unpaired) electrons. The van der Waals surface area contributed by atoms with E-state index in [-0.39, 0.29) is 12.2 Å². The first-order chi connectivity index (χ1) is 12.6. The van der Waals surface area contributed by atoms with E-state index in [1.165, 1.54) is 0 Å². The molecule has 0 atom stereocenters. The molecule has 2 aromatic carbocycles. The van der Waals surface area contributed by atoms with Crippen molar-refractivity contribution >= 4 is 16.7 Å². The Hall–Kier alpha value is -3.27. The third-order valence-corrected chi connectivity index (χ3v) is 4.55. The number of carbonyl (C=O) groups is 1. The molecule has 0 fully saturated rings. The second-order valence-corrected chi connectivity index (χ2v) is 6.36. The zero-order valence-corrected chi connectivity index (χ0v) is 14.8. The molecule has 26 heavy (non-hydrogen) atoms. The zero-order chi connectivity index (χ0) is 18.1. The Labute approximate surface area is 152 Å². The number of pyridine rings is 1. The molecule has 0 aliphatic rings. The number of hydrogen-bond donors (Lipinski definition) is 0. The van der Waals surface area contributed by atoms with Crippen LogP contribution in [0.4, 0.5) is 0 Å². The van der Waals surface area contributed by atoms with E-state index in [0.29, 0.717) is 5.69 Å². The number of benzene rings is 2. The number of rotatable bonds is 4. The molecule has 4 heteroatoms. The minimum Gasteiger partial charge on any atom is -0.300 e. The lowest BCUT2D eigenvalue weighted by Gasteiger charge is -2.07. The highest BCUT2D eigenvalue weighted by Crippen LogP contribution is 2.19. The first kappa shape index (κ1) is 16.2. The topological polar surface area (TPSA) is 47.8 Å². The number of carbonyl (C=O) groups excluding carboxylic acids is 1. The average Bonchev–Trinajstić information content (AvgIpc) is 2.96. The van der Waals surface area contributed by atoms with Gasteiger partial charge in [-0.05, 0) is 38.1 Å². The van der Waals surface area contributed by atoms with Gasteiger partial charge in [0.25, 0.3) is 0 Å². The number of imidazole rings is 1. The van der Waals surface area contributed by atoms with E-state index in [1.807, 2.05) is 85.1 Å². The number of nitrogens with zero attached hydrogens (tertiary/aromatic N) is 3. The molecular weight excluding hydrogens is 322 g/mol. The molecule has 0 spiro atoms. The fourth-order valence-corrected chi connectivity index (χ4v) is 3.32. The molecule has 0 saturated heterocycles. The maximum atomic E-state index is 12.9. The van der Waals surface area contributed by atoms with Gasteiger partial charge in [-0.15, -0.1) is 0 Å². The number of aromatic nitrogens is 3. The molecule has 0 aliphatic carbocycles. The summed E-state index contributed by atoms with van der Waals surface area (Å²) in [4.78, 5) is 22.0. The Bertz CT molecular complexity index is 1100. The van der Waals surface area contributed by atoms with Gasteiger partial charge in [0.05, 0.1) is 17.6 Å². The minimum absolute atomic E-state index is 0.0111. The molecule has 2 heterocycles. The van der Waals surface area contributed by atoms with Gasteiger partial charge in [0.1, 0.15) is 11.5 Å². The molecule has 0 saturated carbocycles. The second-order valence-electron chi connectivity index (χ2n) is 6.36. The van der Waals surface area contributed by atoms with Gasteiger partial charge in [0.2, 0.25) is 0 Å². The molecule has 128 valence electrons. The second kappa shape index (κ2) is 6.56. The van der Waals surface area contributed by atoms with Gasteiger partial charge < -0.3 is 4.57 Å². The average molecular weight is 341 g/mol. The first-order valence-corrected chi connectivity index (χ1v) is 8.63. The van der Waals surface area contributed by atoms with E-state index in [4.69, 9.17) is 0 Å². The molecule has 2 aromatic heterocycles. The fraction of sp³-hybridized carbons (Fsp3) is 0.136. The number of hydrogen-bond acceptors (Lipinski definition) is 3. The lowest BCUT2D eigenvalue weighted by atomic mass is 10.1. The van der Waals surface area contributed by atoms with Gasteiger partial charge in [-0.3, -0.25) is 9.78 Å². The summed E-state index contributed by atoms with van der Waals surface area (Å²) in [5.41, 5.74) is 4.05. The van der Waals surface area contributed by atoms with Crippen molar-refractivity contribution in [2.45, 2.75) is 20.3 Å². The SMILES string of the molecule is Cc1nc(C(=O)Cc2ccc3ccccc3n2)c(C)n1-c1ccccc1. The highest BCUT2D eigenvalue weighted by Gasteiger charge is 2.19. The number of Topliss-reactive ketones (excluding diaryl/α,β-unsaturated/α-hetero) is 1. The van der Waals surface area contributed by atoms with Crippen LogP contribution >= 0.6 is 0 Å². The Kier molecular flexibility index (Phi) is 4.09. The van der Waals surface area contributed by atoms with Crippen LogP contribution < -0.4 is 0 Å². The Morgan fingerprint density at radius 2 is 1.62 bits per heavy atom. The van der Waals surface area contributed by atoms with Gasteiger partial charge in [0.15, 0.2) is 5.78 Å². The van der Waals surface area contributed by atoms with Crippen LogP contribution in [0.1, 0.15) is 27.7 Å². The summed E-state index contributed by atoms with van der Waals surface area (Å²) < 4.78 is 2.01. The predicted octanol–water partition coefficient (Wildman–Crippen LogP) is 4.46. The van der Waals surface area contributed by atoms with Crippen molar-refractivity contribution in [3.8, 4) is 5.69 Å². The molecular formula is C22H19N3O. The number of fused-ring (bicyclic) bond motifs is 1. The lowest BCUT2D eigenvalue weighted by Crippen LogP contribution is -2.08. The summed E-state index contributed by atoms with van der Waals surface area (Å²) in [6.07, 6.45) is 0.247. The van der Waals surface area contributed by atoms with Crippen LogP contribution in [-0.2, 0) is 6.42 Å². The number of aryl methyl sites for hydroxylation is 1. The van der Waals surface area contributed by atoms with Crippen LogP contribution in [-0.4, -0.2) is 20.3 Å². The van der Waals surface area contributed by atoms with Crippen molar-refractivity contribution in [1.82, 2.24) is 14.5 Å². The Morgan fingerprint density at radius 3 is 2.42 bits per heavy atom. The smallest absolute Gasteiger partial charge is 0.188 e. The van der Waals surface area contributed by atoms with Crippen LogP contribution in [0, 0.1) is 13.8 Å². The van der Waals surface area contributed by atoms with Crippen LogP contribution in [0.2, 0.25) is 0 Å². The van der Waals surface area contributed by atoms with Gasteiger partial charge in [-0.1, -0.05) is 42.5 Å². The Morgan fingerprint density at radius 1 is 0.885 bits per heavy atom. The minimum atomic E-state index is -0.0111. The highest BCUT2D eigenvalue weighted by molar-refractivity contribution is 5.97. The van der Waals surface area contributed by atoms with E-state index < -0.39 is 0 Å². The van der Waals surface area contributed by atoms with E-state index in [2.05, 4.69) is 9.97 Å². The molecule has 4 nitrogen and oxygen atoms in total. The predicted molar refractivity (Wildman–Crippen MR) is 103 cm³/mol. The third kappa shape index (κ3) is 2.90. The maximum absolute atomic E-state index is 12.9. The quantitative estimate of drug-likeness (QED) is 0.515. The third-order valence-electron chi connectivity index (χ3n) is 4.55. The van der Waals surface area contributed by atoms with E-state index in [0.717, 1.165) is 33.8 Å². The summed E-state index contributed by atoms with van der Waals surface area (Å²) >= 11 is 0. The maximum Gasteiger partial charge on any atom is 0.188 e. The summed E-state index contributed by atoms with van der Waals surface area (Å²) in [6.45, 7) is 3.86. The van der Waals surface area contributed by atoms with Crippen LogP contribution in [0.3, 0.4) is 0 Å². The van der Waals surface area contributed by atoms with Crippen molar-refractivity contribution in [2.24, 2.45) is 0 Å². The molecule has 0 aliphatic heterocycles. The van der Waals surface area contributed by atoms with Crippen molar-refractivity contribution < 1.29 is 4.79 Å². The van der Waals surface area contributed by atoms with Crippen molar-refractivity contribution in [2.75, 3.05) is 0 Å². The zero-order valence-electron chi connectivity index (χ0n) is 14.8. The van der Waals surface area contributed by atoms with Crippen LogP contribution in [0.25, 0.3) is 16.6 Å². The van der Waals surface area contributed by atoms with Crippen molar-refractivity contribution in [3.63, 3.8) is 0 Å². The molecule has 0 unspecified atom stereocenters. The summed E-state index contributed by atoms with van der Waals surface area (Å²) in [5, 5.41) is 1.07. The van der Waals surface area contributed by atoms with E-state index in [9.17, 15) is 4.79 Å². The van der Waals surface area contributed by atoms with Crippen LogP contribution in [0.5, 0.6) is 0 Å². The standard InChI is InChI=1S/C22H19N3O/c1-15-22(23-16(2)25(15)19-9-4-3-5-10-19)21(26)14-18-13-12-17-8-6-7-11-20(17)24-18/h3-13H,14H2,1-2H3. The van der Waals surface area contributed by atoms with Gasteiger partial charge in [-0.25, -0.2) is 4.98 Å². The van der Waals surface area contributed by atoms with Gasteiger partial charge in [-0.2, -0.15) is 0 Å². The molecule has 4 rings (SSSR count). The normalized spacial score (nSPS) is 11.0. The monoisotopic (exact) mass is 341 g/mol. The van der Waals surface area contributed by atoms with Gasteiger partial charge in [0, 0.05) is 16.8 Å². The van der Waals surface area contributed by atoms with Crippen LogP contribution in [0.15, 0.2) is 66.7 Å². The first-order valence-electron chi connectivity index (χ1n) is 8.63. The van der Waals surface area contributed by atoms with E-state index in [1.54, 1.807) is 0 Å². The fourth-order valence-electron chi connectivity index (χ4n) is 3.32. The van der Waals surface area contributed by atoms with Crippen molar-refractivity contribution in [1.29, 1.82) is 0 Å². The van der Waals surface area contributed by atoms with E-state index >= 15 is 0 Å². The molecule has 4 aromatic rings. The summed E-state index contributed by atoms with van der Waals surface area (Å²) in [5.74, 6) is 0.798. The Balaban J connectivity index is 1.66. The molecule has 0 bridgehead atoms. The molecule has 0 amide bonds. The summed E-state index contributed by atoms with van der Waals surface area (Å²) in [6, 6.07) is 21.8. The van der Waals surface area contributed by atoms with Crippen molar-refractivity contribution in [3.05, 3.63) is 89.6 Å². The number of ketones is 1. The largest absolute Gasteiger partial charge is 0.300 e. The molecule has 0 N–H and O–H groups in total. The lowest BCUT2D eigenvalue weighted by molar-refractivity contribution is 0.0987. The highest BCUT2D eigenvalue weighted by atomic mass is 16.1. The summed E-state index contributed by atoms with van der Waals surface area (Å²) in [7, 11) is 0. The van der Waals surface area contributed by atoms with Gasteiger partial charge >= 0.3 is 0 Å². The number of para-hydroxylation sites is 2.